The Kier molecular flexibility index (Phi) is 6.29. The summed E-state index contributed by atoms with van der Waals surface area (Å²) >= 11 is 0. The molecule has 1 aromatic carbocycles. The van der Waals surface area contributed by atoms with Gasteiger partial charge in [0.1, 0.15) is 0 Å². The predicted molar refractivity (Wildman–Crippen MR) is 92.7 cm³/mol. The SMILES string of the molecule is CCNC(c1ccc(CC)c(CC)c1)C1CCC(C)CC1. The van der Waals surface area contributed by atoms with E-state index in [-0.39, 0.29) is 0 Å². The lowest BCUT2D eigenvalue weighted by Gasteiger charge is -2.34. The first kappa shape index (κ1) is 16.5. The van der Waals surface area contributed by atoms with Crippen LogP contribution in [-0.4, -0.2) is 6.54 Å². The van der Waals surface area contributed by atoms with Crippen LogP contribution in [0.15, 0.2) is 18.2 Å². The summed E-state index contributed by atoms with van der Waals surface area (Å²) in [7, 11) is 0. The maximum atomic E-state index is 3.77. The van der Waals surface area contributed by atoms with Gasteiger partial charge in [0.2, 0.25) is 0 Å². The van der Waals surface area contributed by atoms with E-state index in [1.807, 2.05) is 0 Å². The van der Waals surface area contributed by atoms with Gasteiger partial charge in [0.25, 0.3) is 0 Å². The van der Waals surface area contributed by atoms with Crippen molar-refractivity contribution in [3.63, 3.8) is 0 Å². The molecule has 0 saturated heterocycles. The van der Waals surface area contributed by atoms with Crippen LogP contribution >= 0.6 is 0 Å². The van der Waals surface area contributed by atoms with E-state index in [4.69, 9.17) is 0 Å². The highest BCUT2D eigenvalue weighted by molar-refractivity contribution is 5.34. The van der Waals surface area contributed by atoms with Crippen LogP contribution in [0.1, 0.15) is 76.1 Å². The smallest absolute Gasteiger partial charge is 0.0348 e. The Morgan fingerprint density at radius 2 is 1.67 bits per heavy atom. The van der Waals surface area contributed by atoms with Crippen LogP contribution in [-0.2, 0) is 12.8 Å². The number of hydrogen-bond donors (Lipinski definition) is 1. The molecule has 1 aliphatic rings. The Hall–Kier alpha value is -0.820. The summed E-state index contributed by atoms with van der Waals surface area (Å²) in [4.78, 5) is 0. The van der Waals surface area contributed by atoms with Crippen LogP contribution in [0.25, 0.3) is 0 Å². The molecule has 1 N–H and O–H groups in total. The predicted octanol–water partition coefficient (Wildman–Crippen LogP) is 5.29. The van der Waals surface area contributed by atoms with Crippen LogP contribution in [0.4, 0.5) is 0 Å². The molecule has 1 aliphatic carbocycles. The third-order valence-corrected chi connectivity index (χ3v) is 5.31. The maximum absolute atomic E-state index is 3.77. The van der Waals surface area contributed by atoms with Gasteiger partial charge < -0.3 is 5.32 Å². The third-order valence-electron chi connectivity index (χ3n) is 5.31. The van der Waals surface area contributed by atoms with Crippen LogP contribution in [0.2, 0.25) is 0 Å². The largest absolute Gasteiger partial charge is 0.310 e. The zero-order chi connectivity index (χ0) is 15.2. The van der Waals surface area contributed by atoms with E-state index in [9.17, 15) is 0 Å². The zero-order valence-corrected chi connectivity index (χ0v) is 14.4. The standard InChI is InChI=1S/C20H33N/c1-5-16-12-13-19(14-17(16)6-2)20(21-7-3)18-10-8-15(4)9-11-18/h12-15,18,20-21H,5-11H2,1-4H3. The van der Waals surface area contributed by atoms with Crippen molar-refractivity contribution < 1.29 is 0 Å². The second-order valence-electron chi connectivity index (χ2n) is 6.79. The minimum atomic E-state index is 0.554. The number of rotatable bonds is 6. The van der Waals surface area contributed by atoms with E-state index in [2.05, 4.69) is 51.2 Å². The zero-order valence-electron chi connectivity index (χ0n) is 14.4. The molecule has 0 bridgehead atoms. The maximum Gasteiger partial charge on any atom is 0.0348 e. The van der Waals surface area contributed by atoms with E-state index in [1.165, 1.54) is 36.8 Å². The summed E-state index contributed by atoms with van der Waals surface area (Å²) in [5.41, 5.74) is 4.58. The highest BCUT2D eigenvalue weighted by Crippen LogP contribution is 2.37. The molecular weight excluding hydrogens is 254 g/mol. The number of hydrogen-bond acceptors (Lipinski definition) is 1. The average Bonchev–Trinajstić information content (AvgIpc) is 2.53. The van der Waals surface area contributed by atoms with Gasteiger partial charge in [-0.2, -0.15) is 0 Å². The molecule has 21 heavy (non-hydrogen) atoms. The summed E-state index contributed by atoms with van der Waals surface area (Å²) in [6, 6.07) is 7.77. The quantitative estimate of drug-likeness (QED) is 0.749. The Balaban J connectivity index is 2.21. The fourth-order valence-corrected chi connectivity index (χ4v) is 3.91. The number of benzene rings is 1. The second kappa shape index (κ2) is 7.98. The fourth-order valence-electron chi connectivity index (χ4n) is 3.91. The molecule has 118 valence electrons. The highest BCUT2D eigenvalue weighted by atomic mass is 14.9. The molecule has 1 aromatic rings. The normalized spacial score (nSPS) is 24.0. The summed E-state index contributed by atoms with van der Waals surface area (Å²) in [5, 5.41) is 3.77. The van der Waals surface area contributed by atoms with Crippen molar-refractivity contribution >= 4 is 0 Å². The lowest BCUT2D eigenvalue weighted by atomic mass is 9.77. The van der Waals surface area contributed by atoms with Gasteiger partial charge in [0, 0.05) is 6.04 Å². The van der Waals surface area contributed by atoms with Crippen molar-refractivity contribution in [1.29, 1.82) is 0 Å². The molecule has 0 aliphatic heterocycles. The van der Waals surface area contributed by atoms with E-state index in [0.717, 1.165) is 31.2 Å². The van der Waals surface area contributed by atoms with Crippen LogP contribution < -0.4 is 5.32 Å². The van der Waals surface area contributed by atoms with E-state index < -0.39 is 0 Å². The lowest BCUT2D eigenvalue weighted by molar-refractivity contribution is 0.233. The first-order valence-electron chi connectivity index (χ1n) is 9.04. The second-order valence-corrected chi connectivity index (χ2v) is 6.79. The van der Waals surface area contributed by atoms with Gasteiger partial charge in [0.05, 0.1) is 0 Å². The molecule has 0 heterocycles. The van der Waals surface area contributed by atoms with Gasteiger partial charge in [0.15, 0.2) is 0 Å². The number of aryl methyl sites for hydroxylation is 2. The van der Waals surface area contributed by atoms with Crippen molar-refractivity contribution in [2.75, 3.05) is 6.54 Å². The molecule has 2 rings (SSSR count). The van der Waals surface area contributed by atoms with Gasteiger partial charge in [-0.3, -0.25) is 0 Å². The van der Waals surface area contributed by atoms with Crippen molar-refractivity contribution in [2.24, 2.45) is 11.8 Å². The topological polar surface area (TPSA) is 12.0 Å². The number of nitrogens with one attached hydrogen (secondary N) is 1. The van der Waals surface area contributed by atoms with E-state index >= 15 is 0 Å². The van der Waals surface area contributed by atoms with Crippen LogP contribution in [0.3, 0.4) is 0 Å². The molecule has 0 spiro atoms. The lowest BCUT2D eigenvalue weighted by Crippen LogP contribution is -2.30. The van der Waals surface area contributed by atoms with Crippen LogP contribution in [0.5, 0.6) is 0 Å². The summed E-state index contributed by atoms with van der Waals surface area (Å²) < 4.78 is 0. The molecule has 1 heteroatoms. The summed E-state index contributed by atoms with van der Waals surface area (Å²) in [6.07, 6.45) is 7.87. The fraction of sp³-hybridized carbons (Fsp3) is 0.700. The van der Waals surface area contributed by atoms with Gasteiger partial charge in [-0.1, -0.05) is 58.7 Å². The molecule has 1 atom stereocenters. The van der Waals surface area contributed by atoms with Crippen molar-refractivity contribution in [2.45, 2.75) is 72.3 Å². The van der Waals surface area contributed by atoms with Gasteiger partial charge in [-0.15, -0.1) is 0 Å². The average molecular weight is 287 g/mol. The molecule has 1 unspecified atom stereocenters. The van der Waals surface area contributed by atoms with E-state index in [1.54, 1.807) is 5.56 Å². The first-order chi connectivity index (χ1) is 10.2. The molecule has 0 aromatic heterocycles. The molecular formula is C20H33N. The minimum absolute atomic E-state index is 0.554. The molecule has 1 saturated carbocycles. The monoisotopic (exact) mass is 287 g/mol. The molecule has 0 amide bonds. The summed E-state index contributed by atoms with van der Waals surface area (Å²) in [5.74, 6) is 1.75. The Morgan fingerprint density at radius 3 is 2.24 bits per heavy atom. The van der Waals surface area contributed by atoms with E-state index in [0.29, 0.717) is 6.04 Å². The van der Waals surface area contributed by atoms with Gasteiger partial charge in [-0.25, -0.2) is 0 Å². The first-order valence-corrected chi connectivity index (χ1v) is 9.04. The minimum Gasteiger partial charge on any atom is -0.310 e. The Labute approximate surface area is 131 Å². The Bertz CT molecular complexity index is 429. The van der Waals surface area contributed by atoms with Crippen LogP contribution in [0, 0.1) is 11.8 Å². The highest BCUT2D eigenvalue weighted by Gasteiger charge is 2.26. The van der Waals surface area contributed by atoms with Gasteiger partial charge >= 0.3 is 0 Å². The molecule has 1 fully saturated rings. The van der Waals surface area contributed by atoms with Gasteiger partial charge in [-0.05, 0) is 60.8 Å². The Morgan fingerprint density at radius 1 is 1.00 bits per heavy atom. The van der Waals surface area contributed by atoms with Crippen molar-refractivity contribution in [3.8, 4) is 0 Å². The third kappa shape index (κ3) is 4.10. The summed E-state index contributed by atoms with van der Waals surface area (Å²) in [6.45, 7) is 10.2. The van der Waals surface area contributed by atoms with Crippen molar-refractivity contribution in [1.82, 2.24) is 5.32 Å². The molecule has 1 nitrogen and oxygen atoms in total. The van der Waals surface area contributed by atoms with Crippen molar-refractivity contribution in [3.05, 3.63) is 34.9 Å². The molecule has 0 radical (unpaired) electrons.